The van der Waals surface area contributed by atoms with Crippen molar-refractivity contribution in [2.45, 2.75) is 26.7 Å². The number of carbonyl (C=O) groups excluding carboxylic acids is 1. The van der Waals surface area contributed by atoms with Gasteiger partial charge in [-0.1, -0.05) is 32.4 Å². The van der Waals surface area contributed by atoms with Crippen molar-refractivity contribution in [1.29, 1.82) is 0 Å². The summed E-state index contributed by atoms with van der Waals surface area (Å²) in [5.41, 5.74) is 7.91. The van der Waals surface area contributed by atoms with Gasteiger partial charge in [-0.2, -0.15) is 0 Å². The molecule has 1 atom stereocenters. The van der Waals surface area contributed by atoms with E-state index in [1.165, 1.54) is 0 Å². The summed E-state index contributed by atoms with van der Waals surface area (Å²) < 4.78 is 0. The molecule has 1 aliphatic heterocycles. The number of carbonyl (C=O) groups is 1. The Balaban J connectivity index is 1.93. The number of nitrogens with zero attached hydrogens (tertiary/aromatic N) is 2. The average Bonchev–Trinajstić information content (AvgIpc) is 2.47. The molecule has 0 radical (unpaired) electrons. The maximum atomic E-state index is 12.3. The van der Waals surface area contributed by atoms with Crippen molar-refractivity contribution in [2.75, 3.05) is 36.8 Å². The molecular weight excluding hydrogens is 250 g/mol. The molecule has 0 saturated carbocycles. The zero-order chi connectivity index (χ0) is 14.5. The Morgan fingerprint density at radius 2 is 1.90 bits per heavy atom. The van der Waals surface area contributed by atoms with Gasteiger partial charge in [0.15, 0.2) is 0 Å². The predicted molar refractivity (Wildman–Crippen MR) is 83.7 cm³/mol. The smallest absolute Gasteiger partial charge is 0.225 e. The van der Waals surface area contributed by atoms with Crippen molar-refractivity contribution in [3.63, 3.8) is 0 Å². The molecule has 1 aromatic rings. The van der Waals surface area contributed by atoms with Crippen LogP contribution in [0.4, 0.5) is 11.4 Å². The third kappa shape index (κ3) is 3.24. The number of hydrogen-bond donors (Lipinski definition) is 1. The van der Waals surface area contributed by atoms with Crippen LogP contribution in [0.5, 0.6) is 0 Å². The van der Waals surface area contributed by atoms with Crippen molar-refractivity contribution in [2.24, 2.45) is 5.92 Å². The highest BCUT2D eigenvalue weighted by atomic mass is 16.2. The van der Waals surface area contributed by atoms with Crippen molar-refractivity contribution < 1.29 is 4.79 Å². The Morgan fingerprint density at radius 3 is 2.50 bits per heavy atom. The second-order valence-electron chi connectivity index (χ2n) is 5.56. The van der Waals surface area contributed by atoms with Gasteiger partial charge >= 0.3 is 0 Å². The lowest BCUT2D eigenvalue weighted by Crippen LogP contribution is -2.50. The lowest BCUT2D eigenvalue weighted by Gasteiger charge is -2.37. The number of amides is 1. The van der Waals surface area contributed by atoms with Gasteiger partial charge in [-0.05, 0) is 18.6 Å². The third-order valence-corrected chi connectivity index (χ3v) is 4.01. The molecule has 1 heterocycles. The molecule has 110 valence electrons. The molecule has 0 bridgehead atoms. The van der Waals surface area contributed by atoms with E-state index in [-0.39, 0.29) is 5.92 Å². The summed E-state index contributed by atoms with van der Waals surface area (Å²) in [6.45, 7) is 7.47. The van der Waals surface area contributed by atoms with Crippen LogP contribution in [0, 0.1) is 5.92 Å². The SMILES string of the molecule is CCCC(C)C(=O)N1CCN(c2ccccc2N)CC1. The fraction of sp³-hybridized carbons (Fsp3) is 0.562. The zero-order valence-electron chi connectivity index (χ0n) is 12.5. The van der Waals surface area contributed by atoms with Crippen LogP contribution in [0.25, 0.3) is 0 Å². The fourth-order valence-corrected chi connectivity index (χ4v) is 2.81. The maximum absolute atomic E-state index is 12.3. The molecule has 1 aromatic carbocycles. The summed E-state index contributed by atoms with van der Waals surface area (Å²) >= 11 is 0. The van der Waals surface area contributed by atoms with Gasteiger partial charge in [0, 0.05) is 32.1 Å². The second kappa shape index (κ2) is 6.64. The third-order valence-electron chi connectivity index (χ3n) is 4.01. The Bertz CT molecular complexity index is 453. The molecule has 1 saturated heterocycles. The zero-order valence-corrected chi connectivity index (χ0v) is 12.5. The Kier molecular flexibility index (Phi) is 4.88. The first-order chi connectivity index (χ1) is 9.63. The average molecular weight is 275 g/mol. The van der Waals surface area contributed by atoms with E-state index in [1.807, 2.05) is 36.1 Å². The largest absolute Gasteiger partial charge is 0.397 e. The van der Waals surface area contributed by atoms with Gasteiger partial charge < -0.3 is 15.5 Å². The number of nitrogen functional groups attached to an aromatic ring is 1. The molecule has 0 aliphatic carbocycles. The quantitative estimate of drug-likeness (QED) is 0.858. The summed E-state index contributed by atoms with van der Waals surface area (Å²) in [4.78, 5) is 16.5. The van der Waals surface area contributed by atoms with Crippen LogP contribution in [-0.4, -0.2) is 37.0 Å². The van der Waals surface area contributed by atoms with Crippen LogP contribution >= 0.6 is 0 Å². The topological polar surface area (TPSA) is 49.6 Å². The number of nitrogens with two attached hydrogens (primary N) is 1. The number of piperazine rings is 1. The van der Waals surface area contributed by atoms with Gasteiger partial charge in [0.25, 0.3) is 0 Å². The van der Waals surface area contributed by atoms with E-state index in [0.29, 0.717) is 5.91 Å². The monoisotopic (exact) mass is 275 g/mol. The van der Waals surface area contributed by atoms with Crippen LogP contribution in [0.3, 0.4) is 0 Å². The second-order valence-corrected chi connectivity index (χ2v) is 5.56. The summed E-state index contributed by atoms with van der Waals surface area (Å²) in [7, 11) is 0. The van der Waals surface area contributed by atoms with Crippen molar-refractivity contribution in [3.8, 4) is 0 Å². The lowest BCUT2D eigenvalue weighted by atomic mass is 10.0. The summed E-state index contributed by atoms with van der Waals surface area (Å²) in [5.74, 6) is 0.445. The van der Waals surface area contributed by atoms with Gasteiger partial charge in [0.1, 0.15) is 0 Å². The first-order valence-electron chi connectivity index (χ1n) is 7.51. The van der Waals surface area contributed by atoms with Crippen LogP contribution in [0.1, 0.15) is 26.7 Å². The number of benzene rings is 1. The highest BCUT2D eigenvalue weighted by Gasteiger charge is 2.24. The minimum Gasteiger partial charge on any atom is -0.397 e. The Hall–Kier alpha value is -1.71. The van der Waals surface area contributed by atoms with E-state index in [1.54, 1.807) is 0 Å². The van der Waals surface area contributed by atoms with Gasteiger partial charge in [-0.3, -0.25) is 4.79 Å². The van der Waals surface area contributed by atoms with Gasteiger partial charge in [-0.25, -0.2) is 0 Å². The van der Waals surface area contributed by atoms with Crippen LogP contribution in [0.2, 0.25) is 0 Å². The molecule has 20 heavy (non-hydrogen) atoms. The molecule has 1 fully saturated rings. The summed E-state index contributed by atoms with van der Waals surface area (Å²) in [6.07, 6.45) is 2.04. The van der Waals surface area contributed by atoms with Crippen molar-refractivity contribution in [1.82, 2.24) is 4.90 Å². The minimum atomic E-state index is 0.147. The van der Waals surface area contributed by atoms with Crippen molar-refractivity contribution in [3.05, 3.63) is 24.3 Å². The minimum absolute atomic E-state index is 0.147. The fourth-order valence-electron chi connectivity index (χ4n) is 2.81. The standard InChI is InChI=1S/C16H25N3O/c1-3-6-13(2)16(20)19-11-9-18(10-12-19)15-8-5-4-7-14(15)17/h4-5,7-8,13H,3,6,9-12,17H2,1-2H3. The Labute approximate surface area is 121 Å². The molecule has 2 rings (SSSR count). The molecule has 1 aliphatic rings. The highest BCUT2D eigenvalue weighted by molar-refractivity contribution is 5.79. The molecule has 2 N–H and O–H groups in total. The van der Waals surface area contributed by atoms with E-state index in [4.69, 9.17) is 5.73 Å². The molecule has 0 spiro atoms. The predicted octanol–water partition coefficient (Wildman–Crippen LogP) is 2.35. The lowest BCUT2D eigenvalue weighted by molar-refractivity contribution is -0.135. The van der Waals surface area contributed by atoms with E-state index < -0.39 is 0 Å². The van der Waals surface area contributed by atoms with E-state index in [2.05, 4.69) is 11.8 Å². The summed E-state index contributed by atoms with van der Waals surface area (Å²) in [5, 5.41) is 0. The molecule has 1 unspecified atom stereocenters. The number of anilines is 2. The van der Waals surface area contributed by atoms with Gasteiger partial charge in [0.2, 0.25) is 5.91 Å². The van der Waals surface area contributed by atoms with Crippen LogP contribution < -0.4 is 10.6 Å². The molecule has 4 nitrogen and oxygen atoms in total. The van der Waals surface area contributed by atoms with Crippen LogP contribution in [-0.2, 0) is 4.79 Å². The first-order valence-corrected chi connectivity index (χ1v) is 7.51. The highest BCUT2D eigenvalue weighted by Crippen LogP contribution is 2.24. The van der Waals surface area contributed by atoms with Gasteiger partial charge in [0.05, 0.1) is 11.4 Å². The van der Waals surface area contributed by atoms with Crippen molar-refractivity contribution >= 4 is 17.3 Å². The first kappa shape index (κ1) is 14.7. The van der Waals surface area contributed by atoms with Crippen LogP contribution in [0.15, 0.2) is 24.3 Å². The summed E-state index contributed by atoms with van der Waals surface area (Å²) in [6, 6.07) is 7.93. The van der Waals surface area contributed by atoms with E-state index in [9.17, 15) is 4.79 Å². The number of para-hydroxylation sites is 2. The normalized spacial score (nSPS) is 17.1. The van der Waals surface area contributed by atoms with E-state index >= 15 is 0 Å². The molecule has 1 amide bonds. The Morgan fingerprint density at radius 1 is 1.25 bits per heavy atom. The molecule has 0 aromatic heterocycles. The molecule has 4 heteroatoms. The number of rotatable bonds is 4. The molecular formula is C16H25N3O. The maximum Gasteiger partial charge on any atom is 0.225 e. The van der Waals surface area contributed by atoms with E-state index in [0.717, 1.165) is 50.4 Å². The number of hydrogen-bond acceptors (Lipinski definition) is 3. The van der Waals surface area contributed by atoms with Gasteiger partial charge in [-0.15, -0.1) is 0 Å².